The van der Waals surface area contributed by atoms with Crippen LogP contribution in [0.15, 0.2) is 47.1 Å². The minimum atomic E-state index is -0.375. The van der Waals surface area contributed by atoms with Gasteiger partial charge in [0.1, 0.15) is 12.4 Å². The maximum Gasteiger partial charge on any atom is 0.287 e. The Kier molecular flexibility index (Phi) is 6.23. The lowest BCUT2D eigenvalue weighted by molar-refractivity contribution is 0.0908. The third kappa shape index (κ3) is 5.45. The van der Waals surface area contributed by atoms with Crippen molar-refractivity contribution >= 4 is 5.91 Å². The number of hydrogen-bond acceptors (Lipinski definition) is 4. The molecule has 5 heteroatoms. The van der Waals surface area contributed by atoms with Gasteiger partial charge in [0, 0.05) is 12.1 Å². The largest absolute Gasteiger partial charge is 0.489 e. The molecule has 0 bridgehead atoms. The van der Waals surface area contributed by atoms with Crippen LogP contribution in [0.4, 0.5) is 0 Å². The Balaban J connectivity index is 1.88. The zero-order chi connectivity index (χ0) is 16.7. The number of amides is 1. The van der Waals surface area contributed by atoms with E-state index in [2.05, 4.69) is 5.32 Å². The van der Waals surface area contributed by atoms with E-state index >= 15 is 0 Å². The summed E-state index contributed by atoms with van der Waals surface area (Å²) in [5.74, 6) is 0.938. The van der Waals surface area contributed by atoms with Crippen molar-refractivity contribution in [1.82, 2.24) is 5.32 Å². The molecular formula is C18H23NO4. The lowest BCUT2D eigenvalue weighted by Gasteiger charge is -2.14. The number of hydrogen-bond donors (Lipinski definition) is 2. The molecule has 0 aliphatic rings. The minimum absolute atomic E-state index is 0.193. The molecule has 23 heavy (non-hydrogen) atoms. The minimum Gasteiger partial charge on any atom is -0.489 e. The molecule has 2 rings (SSSR count). The van der Waals surface area contributed by atoms with E-state index in [-0.39, 0.29) is 30.3 Å². The number of nitrogens with one attached hydrogen (secondary N) is 1. The summed E-state index contributed by atoms with van der Waals surface area (Å²) in [6.45, 7) is 4.48. The molecule has 0 aliphatic carbocycles. The molecule has 2 N–H and O–H groups in total. The summed E-state index contributed by atoms with van der Waals surface area (Å²) in [6, 6.07) is 11.1. The quantitative estimate of drug-likeness (QED) is 0.785. The van der Waals surface area contributed by atoms with E-state index in [1.807, 2.05) is 37.3 Å². The zero-order valence-electron chi connectivity index (χ0n) is 13.5. The highest BCUT2D eigenvalue weighted by atomic mass is 16.5. The Labute approximate surface area is 136 Å². The van der Waals surface area contributed by atoms with Crippen LogP contribution in [0.2, 0.25) is 0 Å². The standard InChI is InChI=1S/C18H23NO4/c1-13(10-14(2)20)11-19-18(21)17-15(8-9-22-17)12-23-16-6-4-3-5-7-16/h3-9,13-14,20H,10-12H2,1-2H3,(H,19,21). The number of carbonyl (C=O) groups excluding carboxylic acids is 1. The van der Waals surface area contributed by atoms with Gasteiger partial charge in [-0.1, -0.05) is 25.1 Å². The number of furan rings is 1. The Morgan fingerprint density at radius 1 is 1.26 bits per heavy atom. The smallest absolute Gasteiger partial charge is 0.287 e. The first-order chi connectivity index (χ1) is 11.1. The number of ether oxygens (including phenoxy) is 1. The fraction of sp³-hybridized carbons (Fsp3) is 0.389. The first kappa shape index (κ1) is 17.1. The summed E-state index contributed by atoms with van der Waals surface area (Å²) in [5.41, 5.74) is 0.703. The van der Waals surface area contributed by atoms with Crippen LogP contribution in [0, 0.1) is 5.92 Å². The topological polar surface area (TPSA) is 71.7 Å². The third-order valence-electron chi connectivity index (χ3n) is 3.45. The Morgan fingerprint density at radius 3 is 2.70 bits per heavy atom. The van der Waals surface area contributed by atoms with Gasteiger partial charge in [-0.25, -0.2) is 0 Å². The molecule has 124 valence electrons. The lowest BCUT2D eigenvalue weighted by atomic mass is 10.0. The summed E-state index contributed by atoms with van der Waals surface area (Å²) in [5, 5.41) is 12.2. The fourth-order valence-corrected chi connectivity index (χ4v) is 2.34. The maximum atomic E-state index is 12.2. The number of aliphatic hydroxyl groups is 1. The molecule has 0 aliphatic heterocycles. The van der Waals surface area contributed by atoms with Crippen LogP contribution >= 0.6 is 0 Å². The Bertz CT molecular complexity index is 606. The lowest BCUT2D eigenvalue weighted by Crippen LogP contribution is -2.29. The van der Waals surface area contributed by atoms with Gasteiger partial charge in [-0.2, -0.15) is 0 Å². The summed E-state index contributed by atoms with van der Waals surface area (Å²) in [6.07, 6.45) is 1.75. The van der Waals surface area contributed by atoms with Crippen LogP contribution in [-0.4, -0.2) is 23.7 Å². The molecule has 1 amide bonds. The van der Waals surface area contributed by atoms with E-state index in [0.29, 0.717) is 18.5 Å². The highest BCUT2D eigenvalue weighted by molar-refractivity contribution is 5.92. The summed E-state index contributed by atoms with van der Waals surface area (Å²) in [7, 11) is 0. The Morgan fingerprint density at radius 2 is 2.00 bits per heavy atom. The number of para-hydroxylation sites is 1. The highest BCUT2D eigenvalue weighted by Crippen LogP contribution is 2.16. The van der Waals surface area contributed by atoms with Crippen LogP contribution < -0.4 is 10.1 Å². The molecule has 0 saturated heterocycles. The molecule has 0 saturated carbocycles. The Hall–Kier alpha value is -2.27. The monoisotopic (exact) mass is 317 g/mol. The zero-order valence-corrected chi connectivity index (χ0v) is 13.5. The SMILES string of the molecule is CC(O)CC(C)CNC(=O)c1occc1COc1ccccc1. The third-order valence-corrected chi connectivity index (χ3v) is 3.45. The van der Waals surface area contributed by atoms with Crippen molar-refractivity contribution in [2.45, 2.75) is 33.0 Å². The van der Waals surface area contributed by atoms with Crippen molar-refractivity contribution in [3.8, 4) is 5.75 Å². The van der Waals surface area contributed by atoms with Crippen molar-refractivity contribution in [2.24, 2.45) is 5.92 Å². The van der Waals surface area contributed by atoms with Gasteiger partial charge < -0.3 is 19.6 Å². The number of carbonyl (C=O) groups is 1. The van der Waals surface area contributed by atoms with Crippen molar-refractivity contribution in [1.29, 1.82) is 0 Å². The molecule has 2 unspecified atom stereocenters. The molecule has 5 nitrogen and oxygen atoms in total. The molecule has 0 spiro atoms. The van der Waals surface area contributed by atoms with Crippen molar-refractivity contribution < 1.29 is 19.1 Å². The molecule has 0 fully saturated rings. The predicted octanol–water partition coefficient (Wildman–Crippen LogP) is 3.00. The summed E-state index contributed by atoms with van der Waals surface area (Å²) in [4.78, 5) is 12.2. The second-order valence-corrected chi connectivity index (χ2v) is 5.78. The van der Waals surface area contributed by atoms with Crippen LogP contribution in [0.5, 0.6) is 5.75 Å². The van der Waals surface area contributed by atoms with Gasteiger partial charge in [0.05, 0.1) is 12.4 Å². The van der Waals surface area contributed by atoms with Crippen LogP contribution in [-0.2, 0) is 6.61 Å². The first-order valence-corrected chi connectivity index (χ1v) is 7.76. The van der Waals surface area contributed by atoms with Crippen molar-refractivity contribution in [2.75, 3.05) is 6.54 Å². The van der Waals surface area contributed by atoms with E-state index in [0.717, 1.165) is 5.75 Å². The van der Waals surface area contributed by atoms with Crippen molar-refractivity contribution in [3.05, 3.63) is 54.0 Å². The molecule has 1 aromatic heterocycles. The van der Waals surface area contributed by atoms with E-state index in [1.165, 1.54) is 6.26 Å². The average molecular weight is 317 g/mol. The van der Waals surface area contributed by atoms with E-state index in [4.69, 9.17) is 9.15 Å². The fourth-order valence-electron chi connectivity index (χ4n) is 2.34. The summed E-state index contributed by atoms with van der Waals surface area (Å²) >= 11 is 0. The van der Waals surface area contributed by atoms with Crippen molar-refractivity contribution in [3.63, 3.8) is 0 Å². The van der Waals surface area contributed by atoms with Crippen LogP contribution in [0.1, 0.15) is 36.4 Å². The van der Waals surface area contributed by atoms with Gasteiger partial charge in [-0.3, -0.25) is 4.79 Å². The second kappa shape index (κ2) is 8.39. The van der Waals surface area contributed by atoms with E-state index in [1.54, 1.807) is 13.0 Å². The van der Waals surface area contributed by atoms with Crippen LogP contribution in [0.25, 0.3) is 0 Å². The van der Waals surface area contributed by atoms with Gasteiger partial charge in [0.25, 0.3) is 5.91 Å². The van der Waals surface area contributed by atoms with Gasteiger partial charge >= 0.3 is 0 Å². The number of aliphatic hydroxyl groups excluding tert-OH is 1. The molecule has 2 aromatic rings. The second-order valence-electron chi connectivity index (χ2n) is 5.78. The maximum absolute atomic E-state index is 12.2. The molecule has 1 heterocycles. The van der Waals surface area contributed by atoms with Gasteiger partial charge in [0.15, 0.2) is 5.76 Å². The molecule has 0 radical (unpaired) electrons. The predicted molar refractivity (Wildman–Crippen MR) is 87.3 cm³/mol. The van der Waals surface area contributed by atoms with Crippen LogP contribution in [0.3, 0.4) is 0 Å². The normalized spacial score (nSPS) is 13.3. The number of benzene rings is 1. The van der Waals surface area contributed by atoms with Gasteiger partial charge in [0.2, 0.25) is 0 Å². The van der Waals surface area contributed by atoms with E-state index < -0.39 is 0 Å². The summed E-state index contributed by atoms with van der Waals surface area (Å²) < 4.78 is 10.9. The van der Waals surface area contributed by atoms with E-state index in [9.17, 15) is 9.90 Å². The van der Waals surface area contributed by atoms with Gasteiger partial charge in [-0.05, 0) is 37.5 Å². The average Bonchev–Trinajstić information content (AvgIpc) is 2.99. The molecular weight excluding hydrogens is 294 g/mol. The molecule has 2 atom stereocenters. The highest BCUT2D eigenvalue weighted by Gasteiger charge is 2.17. The van der Waals surface area contributed by atoms with Gasteiger partial charge in [-0.15, -0.1) is 0 Å². The molecule has 1 aromatic carbocycles. The number of rotatable bonds is 8. The first-order valence-electron chi connectivity index (χ1n) is 7.76.